The van der Waals surface area contributed by atoms with E-state index < -0.39 is 6.09 Å². The molecular formula is C15H17N3O3S. The standard InChI is InChI=1S/C15H17N3O3S/c1-3-13-16-9-12(22-13)14(19)17-10-5-7-11(8-6-10)18-15(20)21-4-2/h5-9H,3-4H2,1-2H3,(H,17,19)(H,18,20). The Labute approximate surface area is 132 Å². The van der Waals surface area contributed by atoms with Crippen LogP contribution in [0.3, 0.4) is 0 Å². The molecule has 0 saturated carbocycles. The highest BCUT2D eigenvalue weighted by molar-refractivity contribution is 7.13. The van der Waals surface area contributed by atoms with Crippen LogP contribution in [-0.4, -0.2) is 23.6 Å². The predicted octanol–water partition coefficient (Wildman–Crippen LogP) is 3.53. The van der Waals surface area contributed by atoms with E-state index in [0.29, 0.717) is 22.9 Å². The molecular weight excluding hydrogens is 302 g/mol. The van der Waals surface area contributed by atoms with Crippen molar-refractivity contribution in [2.45, 2.75) is 20.3 Å². The number of aromatic nitrogens is 1. The lowest BCUT2D eigenvalue weighted by Gasteiger charge is -2.07. The molecule has 0 bridgehead atoms. The number of rotatable bonds is 5. The van der Waals surface area contributed by atoms with Gasteiger partial charge in [-0.15, -0.1) is 11.3 Å². The van der Waals surface area contributed by atoms with Gasteiger partial charge < -0.3 is 10.1 Å². The quantitative estimate of drug-likeness (QED) is 0.883. The van der Waals surface area contributed by atoms with E-state index in [1.165, 1.54) is 11.3 Å². The molecule has 1 aromatic carbocycles. The summed E-state index contributed by atoms with van der Waals surface area (Å²) >= 11 is 1.38. The molecule has 0 aliphatic rings. The number of carbonyl (C=O) groups is 2. The van der Waals surface area contributed by atoms with Gasteiger partial charge in [0.25, 0.3) is 5.91 Å². The van der Waals surface area contributed by atoms with Gasteiger partial charge in [0, 0.05) is 11.4 Å². The van der Waals surface area contributed by atoms with Crippen LogP contribution in [0.4, 0.5) is 16.2 Å². The second-order valence-electron chi connectivity index (χ2n) is 4.35. The number of aryl methyl sites for hydroxylation is 1. The monoisotopic (exact) mass is 319 g/mol. The van der Waals surface area contributed by atoms with Crippen LogP contribution in [0, 0.1) is 0 Å². The summed E-state index contributed by atoms with van der Waals surface area (Å²) in [5, 5.41) is 6.30. The van der Waals surface area contributed by atoms with Gasteiger partial charge in [0.2, 0.25) is 0 Å². The lowest BCUT2D eigenvalue weighted by Crippen LogP contribution is -2.13. The lowest BCUT2D eigenvalue weighted by atomic mass is 10.3. The van der Waals surface area contributed by atoms with Gasteiger partial charge in [-0.3, -0.25) is 10.1 Å². The number of thiazole rings is 1. The average molecular weight is 319 g/mol. The molecule has 0 spiro atoms. The summed E-state index contributed by atoms with van der Waals surface area (Å²) in [6, 6.07) is 6.80. The van der Waals surface area contributed by atoms with Crippen molar-refractivity contribution < 1.29 is 14.3 Å². The Morgan fingerprint density at radius 1 is 1.14 bits per heavy atom. The Hall–Kier alpha value is -2.41. The van der Waals surface area contributed by atoms with Crippen molar-refractivity contribution in [3.63, 3.8) is 0 Å². The largest absolute Gasteiger partial charge is 0.450 e. The van der Waals surface area contributed by atoms with Crippen molar-refractivity contribution in [3.05, 3.63) is 40.3 Å². The van der Waals surface area contributed by atoms with Crippen LogP contribution in [0.5, 0.6) is 0 Å². The molecule has 6 nitrogen and oxygen atoms in total. The number of ether oxygens (including phenoxy) is 1. The molecule has 0 atom stereocenters. The second kappa shape index (κ2) is 7.56. The van der Waals surface area contributed by atoms with E-state index in [1.54, 1.807) is 37.4 Å². The first-order chi connectivity index (χ1) is 10.6. The molecule has 1 heterocycles. The zero-order chi connectivity index (χ0) is 15.9. The summed E-state index contributed by atoms with van der Waals surface area (Å²) < 4.78 is 4.79. The van der Waals surface area contributed by atoms with Crippen LogP contribution in [0.15, 0.2) is 30.5 Å². The van der Waals surface area contributed by atoms with Crippen molar-refractivity contribution in [1.82, 2.24) is 4.98 Å². The number of anilines is 2. The van der Waals surface area contributed by atoms with E-state index in [-0.39, 0.29) is 5.91 Å². The number of benzene rings is 1. The number of hydrogen-bond donors (Lipinski definition) is 2. The molecule has 0 unspecified atom stereocenters. The molecule has 2 N–H and O–H groups in total. The highest BCUT2D eigenvalue weighted by Gasteiger charge is 2.10. The molecule has 22 heavy (non-hydrogen) atoms. The van der Waals surface area contributed by atoms with Crippen LogP contribution in [0.25, 0.3) is 0 Å². The first-order valence-corrected chi connectivity index (χ1v) is 7.74. The van der Waals surface area contributed by atoms with Crippen molar-refractivity contribution in [2.24, 2.45) is 0 Å². The summed E-state index contributed by atoms with van der Waals surface area (Å²) in [4.78, 5) is 28.1. The maximum atomic E-state index is 12.1. The van der Waals surface area contributed by atoms with Crippen molar-refractivity contribution in [1.29, 1.82) is 0 Å². The van der Waals surface area contributed by atoms with Crippen LogP contribution >= 0.6 is 11.3 Å². The molecule has 1 aromatic heterocycles. The average Bonchev–Trinajstić information content (AvgIpc) is 2.98. The van der Waals surface area contributed by atoms with Crippen molar-refractivity contribution in [2.75, 3.05) is 17.2 Å². The van der Waals surface area contributed by atoms with Gasteiger partial charge in [-0.25, -0.2) is 9.78 Å². The third-order valence-electron chi connectivity index (χ3n) is 2.74. The zero-order valence-corrected chi connectivity index (χ0v) is 13.2. The molecule has 0 aliphatic heterocycles. The summed E-state index contributed by atoms with van der Waals surface area (Å²) in [6.07, 6.45) is 1.89. The van der Waals surface area contributed by atoms with Crippen LogP contribution < -0.4 is 10.6 Å². The Balaban J connectivity index is 1.95. The first-order valence-electron chi connectivity index (χ1n) is 6.92. The van der Waals surface area contributed by atoms with Crippen LogP contribution in [0.2, 0.25) is 0 Å². The number of carbonyl (C=O) groups excluding carboxylic acids is 2. The van der Waals surface area contributed by atoms with Gasteiger partial charge in [0.1, 0.15) is 4.88 Å². The van der Waals surface area contributed by atoms with E-state index in [9.17, 15) is 9.59 Å². The highest BCUT2D eigenvalue weighted by Crippen LogP contribution is 2.18. The molecule has 0 saturated heterocycles. The van der Waals surface area contributed by atoms with Crippen molar-refractivity contribution >= 4 is 34.7 Å². The van der Waals surface area contributed by atoms with Crippen LogP contribution in [-0.2, 0) is 11.2 Å². The fourth-order valence-corrected chi connectivity index (χ4v) is 2.45. The molecule has 2 amide bonds. The Morgan fingerprint density at radius 3 is 2.32 bits per heavy atom. The van der Waals surface area contributed by atoms with Gasteiger partial charge >= 0.3 is 6.09 Å². The Morgan fingerprint density at radius 2 is 1.77 bits per heavy atom. The number of nitrogens with one attached hydrogen (secondary N) is 2. The minimum atomic E-state index is -0.504. The molecule has 2 rings (SSSR count). The SMILES string of the molecule is CCOC(=O)Nc1ccc(NC(=O)c2cnc(CC)s2)cc1. The third kappa shape index (κ3) is 4.29. The van der Waals surface area contributed by atoms with Crippen LogP contribution in [0.1, 0.15) is 28.5 Å². The topological polar surface area (TPSA) is 80.3 Å². The number of hydrogen-bond acceptors (Lipinski definition) is 5. The van der Waals surface area contributed by atoms with Gasteiger partial charge in [-0.05, 0) is 37.6 Å². The Kier molecular flexibility index (Phi) is 5.48. The molecule has 0 radical (unpaired) electrons. The number of nitrogens with zero attached hydrogens (tertiary/aromatic N) is 1. The normalized spacial score (nSPS) is 10.1. The molecule has 7 heteroatoms. The highest BCUT2D eigenvalue weighted by atomic mass is 32.1. The fraction of sp³-hybridized carbons (Fsp3) is 0.267. The van der Waals surface area contributed by atoms with E-state index >= 15 is 0 Å². The van der Waals surface area contributed by atoms with E-state index in [0.717, 1.165) is 11.4 Å². The lowest BCUT2D eigenvalue weighted by molar-refractivity contribution is 0.103. The summed E-state index contributed by atoms with van der Waals surface area (Å²) in [7, 11) is 0. The predicted molar refractivity (Wildman–Crippen MR) is 86.5 cm³/mol. The van der Waals surface area contributed by atoms with Gasteiger partial charge in [0.05, 0.1) is 17.8 Å². The van der Waals surface area contributed by atoms with Gasteiger partial charge in [0.15, 0.2) is 0 Å². The van der Waals surface area contributed by atoms with E-state index in [2.05, 4.69) is 15.6 Å². The summed E-state index contributed by atoms with van der Waals surface area (Å²) in [6.45, 7) is 4.05. The minimum absolute atomic E-state index is 0.191. The smallest absolute Gasteiger partial charge is 0.411 e. The molecule has 0 fully saturated rings. The molecule has 0 aliphatic carbocycles. The first kappa shape index (κ1) is 16.0. The van der Waals surface area contributed by atoms with E-state index in [4.69, 9.17) is 4.74 Å². The minimum Gasteiger partial charge on any atom is -0.450 e. The maximum absolute atomic E-state index is 12.1. The third-order valence-corrected chi connectivity index (χ3v) is 3.88. The second-order valence-corrected chi connectivity index (χ2v) is 5.46. The summed E-state index contributed by atoms with van der Waals surface area (Å²) in [5.41, 5.74) is 1.24. The van der Waals surface area contributed by atoms with Crippen molar-refractivity contribution in [3.8, 4) is 0 Å². The zero-order valence-electron chi connectivity index (χ0n) is 12.4. The maximum Gasteiger partial charge on any atom is 0.411 e. The fourth-order valence-electron chi connectivity index (χ4n) is 1.69. The Bertz CT molecular complexity index is 652. The number of amides is 2. The molecule has 2 aromatic rings. The van der Waals surface area contributed by atoms with E-state index in [1.807, 2.05) is 6.92 Å². The molecule has 116 valence electrons. The van der Waals surface area contributed by atoms with Gasteiger partial charge in [-0.1, -0.05) is 6.92 Å². The van der Waals surface area contributed by atoms with Gasteiger partial charge in [-0.2, -0.15) is 0 Å². The summed E-state index contributed by atoms with van der Waals surface area (Å²) in [5.74, 6) is -0.191.